The van der Waals surface area contributed by atoms with Crippen LogP contribution in [0.15, 0.2) is 28.2 Å². The first-order chi connectivity index (χ1) is 7.60. The van der Waals surface area contributed by atoms with Crippen LogP contribution in [0.5, 0.6) is 0 Å². The fraction of sp³-hybridized carbons (Fsp3) is 0.273. The molecule has 16 heavy (non-hydrogen) atoms. The van der Waals surface area contributed by atoms with Gasteiger partial charge in [-0.25, -0.2) is 4.79 Å². The number of rotatable bonds is 1. The van der Waals surface area contributed by atoms with Crippen LogP contribution >= 0.6 is 0 Å². The number of nitrogens with two attached hydrogens (primary N) is 1. The molecule has 0 unspecified atom stereocenters. The van der Waals surface area contributed by atoms with Gasteiger partial charge in [-0.15, -0.1) is 0 Å². The molecule has 1 aromatic carbocycles. The van der Waals surface area contributed by atoms with Crippen molar-refractivity contribution in [1.82, 2.24) is 0 Å². The molecule has 2 rings (SSSR count). The second-order valence-electron chi connectivity index (χ2n) is 3.25. The first-order valence-electron chi connectivity index (χ1n) is 5.00. The quantitative estimate of drug-likeness (QED) is 0.748. The van der Waals surface area contributed by atoms with Crippen LogP contribution in [0.2, 0.25) is 0 Å². The minimum atomic E-state index is -0.606. The van der Waals surface area contributed by atoms with Crippen LogP contribution in [0, 0.1) is 0 Å². The number of carbonyl (C=O) groups excluding carboxylic acids is 2. The Hall–Kier alpha value is -2.04. The minimum absolute atomic E-state index is 0.229. The second kappa shape index (κ2) is 5.16. The van der Waals surface area contributed by atoms with Crippen molar-refractivity contribution in [2.24, 2.45) is 15.7 Å². The summed E-state index contributed by atoms with van der Waals surface area (Å²) in [6, 6.07) is 4.13. The third-order valence-corrected chi connectivity index (χ3v) is 1.70. The Kier molecular flexibility index (Phi) is 3.88. The molecule has 0 aliphatic carbocycles. The predicted octanol–water partition coefficient (Wildman–Crippen LogP) is 0.575. The van der Waals surface area contributed by atoms with Crippen LogP contribution in [0.4, 0.5) is 4.79 Å². The number of hydrogen-bond donors (Lipinski definition) is 1. The number of carbonyl (C=O) groups is 2. The van der Waals surface area contributed by atoms with Gasteiger partial charge in [0.05, 0.1) is 10.9 Å². The molecule has 0 fully saturated rings. The van der Waals surface area contributed by atoms with E-state index in [1.807, 2.05) is 0 Å². The summed E-state index contributed by atoms with van der Waals surface area (Å²) in [4.78, 5) is 28.8. The molecule has 0 radical (unpaired) electrons. The zero-order valence-electron chi connectivity index (χ0n) is 9.23. The number of urea groups is 1. The van der Waals surface area contributed by atoms with Crippen molar-refractivity contribution in [3.05, 3.63) is 34.5 Å². The maximum atomic E-state index is 10.9. The lowest BCUT2D eigenvalue weighted by molar-refractivity contribution is 0.0999. The third kappa shape index (κ3) is 2.50. The van der Waals surface area contributed by atoms with E-state index in [-0.39, 0.29) is 10.9 Å². The Morgan fingerprint density at radius 3 is 2.50 bits per heavy atom. The van der Waals surface area contributed by atoms with Crippen LogP contribution in [-0.4, -0.2) is 11.9 Å². The fourth-order valence-corrected chi connectivity index (χ4v) is 1.16. The van der Waals surface area contributed by atoms with Crippen molar-refractivity contribution < 1.29 is 9.59 Å². The number of benzene rings is 1. The highest BCUT2D eigenvalue weighted by molar-refractivity contribution is 5.93. The maximum Gasteiger partial charge on any atom is 0.368 e. The normalized spacial score (nSPS) is 11.8. The maximum absolute atomic E-state index is 10.9. The zero-order chi connectivity index (χ0) is 12.1. The lowest BCUT2D eigenvalue weighted by atomic mass is 10.2. The molecular formula is C11H13N3O2. The molecule has 1 heterocycles. The first-order valence-corrected chi connectivity index (χ1v) is 5.00. The summed E-state index contributed by atoms with van der Waals surface area (Å²) in [6.07, 6.45) is 1.25. The van der Waals surface area contributed by atoms with Gasteiger partial charge < -0.3 is 5.73 Å². The number of fused-ring (bicyclic) bond motifs is 1. The van der Waals surface area contributed by atoms with Crippen molar-refractivity contribution in [1.29, 1.82) is 0 Å². The van der Waals surface area contributed by atoms with Crippen LogP contribution in [0.3, 0.4) is 0 Å². The summed E-state index contributed by atoms with van der Waals surface area (Å²) in [5.74, 6) is -0.606. The number of primary amides is 1. The molecule has 1 aliphatic rings. The molecule has 84 valence electrons. The standard InChI is InChI=1S/C8H5N3O2.C3H8/c9-7(12)4-2-1-3-5-6(4)11-8(13)10-5;1-3-2/h1-3H,(H2,9,12);3H2,1-2H3. The topological polar surface area (TPSA) is 84.9 Å². The summed E-state index contributed by atoms with van der Waals surface area (Å²) >= 11 is 0. The zero-order valence-corrected chi connectivity index (χ0v) is 9.23. The molecule has 5 heteroatoms. The van der Waals surface area contributed by atoms with Gasteiger partial charge in [0.15, 0.2) is 0 Å². The highest BCUT2D eigenvalue weighted by Gasteiger charge is 2.11. The smallest absolute Gasteiger partial charge is 0.366 e. The second-order valence-corrected chi connectivity index (χ2v) is 3.25. The molecule has 3 amide bonds. The van der Waals surface area contributed by atoms with Crippen LogP contribution in [0.25, 0.3) is 0 Å². The van der Waals surface area contributed by atoms with E-state index < -0.39 is 11.9 Å². The Morgan fingerprint density at radius 1 is 1.31 bits per heavy atom. The van der Waals surface area contributed by atoms with Gasteiger partial charge in [-0.2, -0.15) is 9.98 Å². The summed E-state index contributed by atoms with van der Waals surface area (Å²) in [5, 5.41) is 0.682. The van der Waals surface area contributed by atoms with Gasteiger partial charge in [-0.3, -0.25) is 4.79 Å². The molecule has 0 spiro atoms. The molecular weight excluding hydrogens is 206 g/mol. The molecule has 0 aromatic heterocycles. The largest absolute Gasteiger partial charge is 0.368 e. The van der Waals surface area contributed by atoms with Crippen molar-refractivity contribution >= 4 is 11.9 Å². The molecule has 0 saturated heterocycles. The molecule has 5 nitrogen and oxygen atoms in total. The van der Waals surface area contributed by atoms with E-state index in [0.29, 0.717) is 5.36 Å². The fourth-order valence-electron chi connectivity index (χ4n) is 1.16. The Balaban J connectivity index is 0.000000386. The number of amides is 3. The first kappa shape index (κ1) is 12.0. The highest BCUT2D eigenvalue weighted by atomic mass is 16.2. The lowest BCUT2D eigenvalue weighted by Gasteiger charge is -1.91. The molecule has 2 N–H and O–H groups in total. The molecule has 0 atom stereocenters. The van der Waals surface area contributed by atoms with Gasteiger partial charge in [-0.05, 0) is 12.1 Å². The van der Waals surface area contributed by atoms with E-state index in [2.05, 4.69) is 23.8 Å². The monoisotopic (exact) mass is 219 g/mol. The van der Waals surface area contributed by atoms with Gasteiger partial charge in [0.1, 0.15) is 5.36 Å². The van der Waals surface area contributed by atoms with Gasteiger partial charge in [-0.1, -0.05) is 26.3 Å². The predicted molar refractivity (Wildman–Crippen MR) is 58.6 cm³/mol. The van der Waals surface area contributed by atoms with Crippen molar-refractivity contribution in [3.8, 4) is 0 Å². The SMILES string of the molecule is CCC.NC(=O)c1cccc2c1=NC(=O)N=2. The van der Waals surface area contributed by atoms with E-state index in [4.69, 9.17) is 5.73 Å². The van der Waals surface area contributed by atoms with E-state index in [1.54, 1.807) is 12.1 Å². The number of para-hydroxylation sites is 1. The highest BCUT2D eigenvalue weighted by Crippen LogP contribution is 1.91. The van der Waals surface area contributed by atoms with E-state index in [1.165, 1.54) is 12.5 Å². The lowest BCUT2D eigenvalue weighted by Crippen LogP contribution is -2.31. The van der Waals surface area contributed by atoms with Crippen molar-refractivity contribution in [3.63, 3.8) is 0 Å². The van der Waals surface area contributed by atoms with Crippen molar-refractivity contribution in [2.45, 2.75) is 20.3 Å². The Bertz CT molecular complexity index is 535. The van der Waals surface area contributed by atoms with Crippen molar-refractivity contribution in [2.75, 3.05) is 0 Å². The Morgan fingerprint density at radius 2 is 1.94 bits per heavy atom. The van der Waals surface area contributed by atoms with Crippen LogP contribution < -0.4 is 16.4 Å². The summed E-state index contributed by atoms with van der Waals surface area (Å²) in [7, 11) is 0. The molecule has 1 aromatic rings. The summed E-state index contributed by atoms with van der Waals surface area (Å²) < 4.78 is 0. The van der Waals surface area contributed by atoms with Gasteiger partial charge in [0, 0.05) is 0 Å². The number of nitrogens with zero attached hydrogens (tertiary/aromatic N) is 2. The summed E-state index contributed by atoms with van der Waals surface area (Å²) in [6.45, 7) is 4.25. The van der Waals surface area contributed by atoms with E-state index in [0.717, 1.165) is 0 Å². The van der Waals surface area contributed by atoms with Gasteiger partial charge in [0.25, 0.3) is 5.91 Å². The van der Waals surface area contributed by atoms with Gasteiger partial charge >= 0.3 is 6.03 Å². The average molecular weight is 219 g/mol. The van der Waals surface area contributed by atoms with E-state index >= 15 is 0 Å². The van der Waals surface area contributed by atoms with Crippen LogP contribution in [-0.2, 0) is 0 Å². The molecule has 0 saturated carbocycles. The summed E-state index contributed by atoms with van der Waals surface area (Å²) in [5.41, 5.74) is 5.31. The van der Waals surface area contributed by atoms with Gasteiger partial charge in [0.2, 0.25) is 0 Å². The Labute approximate surface area is 92.7 Å². The van der Waals surface area contributed by atoms with Crippen LogP contribution in [0.1, 0.15) is 30.6 Å². The molecule has 0 bridgehead atoms. The molecule has 1 aliphatic heterocycles. The third-order valence-electron chi connectivity index (χ3n) is 1.70. The average Bonchev–Trinajstić information content (AvgIpc) is 2.58. The number of hydrogen-bond acceptors (Lipinski definition) is 2. The van der Waals surface area contributed by atoms with E-state index in [9.17, 15) is 9.59 Å². The minimum Gasteiger partial charge on any atom is -0.366 e.